The average molecular weight is 281 g/mol. The van der Waals surface area contributed by atoms with Gasteiger partial charge in [0.15, 0.2) is 0 Å². The number of hydrogen-bond donors (Lipinski definition) is 1. The Balaban J connectivity index is 1.91. The Bertz CT molecular complexity index is 450. The first kappa shape index (κ1) is 13.9. The number of para-hydroxylation sites is 1. The molecule has 5 heteroatoms. The minimum atomic E-state index is -0.101. The summed E-state index contributed by atoms with van der Waals surface area (Å²) in [6.07, 6.45) is 1.44. The van der Waals surface area contributed by atoms with Gasteiger partial charge in [-0.3, -0.25) is 9.59 Å². The molecule has 2 rings (SSSR count). The second-order valence-corrected chi connectivity index (χ2v) is 4.98. The van der Waals surface area contributed by atoms with E-state index in [4.69, 9.17) is 11.6 Å². The molecule has 0 saturated carbocycles. The first-order valence-electron chi connectivity index (χ1n) is 6.41. The van der Waals surface area contributed by atoms with E-state index in [2.05, 4.69) is 5.32 Å². The fraction of sp³-hybridized carbons (Fsp3) is 0.429. The van der Waals surface area contributed by atoms with Crippen LogP contribution in [0.15, 0.2) is 30.3 Å². The molecular formula is C14H17ClN2O2. The summed E-state index contributed by atoms with van der Waals surface area (Å²) in [6, 6.07) is 9.40. The molecule has 1 fully saturated rings. The predicted molar refractivity (Wildman–Crippen MR) is 75.3 cm³/mol. The molecule has 1 aliphatic heterocycles. The van der Waals surface area contributed by atoms with Crippen molar-refractivity contribution in [1.29, 1.82) is 0 Å². The van der Waals surface area contributed by atoms with Gasteiger partial charge in [-0.15, -0.1) is 11.6 Å². The summed E-state index contributed by atoms with van der Waals surface area (Å²) in [5, 5.41) is 2.88. The lowest BCUT2D eigenvalue weighted by molar-refractivity contribution is -0.121. The highest BCUT2D eigenvalue weighted by molar-refractivity contribution is 6.17. The summed E-state index contributed by atoms with van der Waals surface area (Å²) < 4.78 is 0. The molecule has 19 heavy (non-hydrogen) atoms. The van der Waals surface area contributed by atoms with E-state index in [0.717, 1.165) is 5.69 Å². The van der Waals surface area contributed by atoms with E-state index < -0.39 is 0 Å². The Morgan fingerprint density at radius 2 is 2.11 bits per heavy atom. The van der Waals surface area contributed by atoms with Gasteiger partial charge in [-0.05, 0) is 18.6 Å². The monoisotopic (exact) mass is 280 g/mol. The van der Waals surface area contributed by atoms with Crippen LogP contribution in [0.3, 0.4) is 0 Å². The molecule has 1 aromatic rings. The third kappa shape index (κ3) is 3.70. The van der Waals surface area contributed by atoms with E-state index in [1.54, 1.807) is 4.90 Å². The fourth-order valence-electron chi connectivity index (χ4n) is 2.19. The summed E-state index contributed by atoms with van der Waals surface area (Å²) in [5.74, 6) is 0.495. The van der Waals surface area contributed by atoms with Gasteiger partial charge in [0.25, 0.3) is 0 Å². The molecule has 2 amide bonds. The van der Waals surface area contributed by atoms with Gasteiger partial charge in [-0.2, -0.15) is 0 Å². The van der Waals surface area contributed by atoms with Crippen LogP contribution in [0.25, 0.3) is 0 Å². The Kier molecular flexibility index (Phi) is 4.80. The second kappa shape index (κ2) is 6.57. The zero-order valence-electron chi connectivity index (χ0n) is 10.6. The number of nitrogens with zero attached hydrogens (tertiary/aromatic N) is 1. The van der Waals surface area contributed by atoms with E-state index in [-0.39, 0.29) is 17.9 Å². The molecule has 1 saturated heterocycles. The number of carbonyl (C=O) groups excluding carboxylic acids is 2. The molecule has 0 radical (unpaired) electrons. The van der Waals surface area contributed by atoms with Crippen molar-refractivity contribution >= 4 is 29.1 Å². The molecule has 102 valence electrons. The molecule has 0 aromatic heterocycles. The van der Waals surface area contributed by atoms with Crippen LogP contribution in [0.1, 0.15) is 19.3 Å². The normalized spacial score (nSPS) is 18.7. The quantitative estimate of drug-likeness (QED) is 0.838. The van der Waals surface area contributed by atoms with Gasteiger partial charge < -0.3 is 10.2 Å². The van der Waals surface area contributed by atoms with Crippen LogP contribution < -0.4 is 10.2 Å². The minimum absolute atomic E-state index is 0.0339. The number of hydrogen-bond acceptors (Lipinski definition) is 2. The second-order valence-electron chi connectivity index (χ2n) is 4.60. The van der Waals surface area contributed by atoms with Gasteiger partial charge in [0.05, 0.1) is 6.04 Å². The minimum Gasteiger partial charge on any atom is -0.351 e. The molecule has 0 aliphatic carbocycles. The van der Waals surface area contributed by atoms with Gasteiger partial charge in [0.1, 0.15) is 0 Å². The molecule has 1 heterocycles. The van der Waals surface area contributed by atoms with Crippen molar-refractivity contribution in [3.05, 3.63) is 30.3 Å². The number of amides is 2. The summed E-state index contributed by atoms with van der Waals surface area (Å²) in [7, 11) is 0. The standard InChI is InChI=1S/C14H17ClN2O2/c15-8-4-7-13(18)16-11-9-14(19)17(10-11)12-5-2-1-3-6-12/h1-3,5-6,11H,4,7-10H2,(H,16,18). The fourth-order valence-corrected chi connectivity index (χ4v) is 2.32. The van der Waals surface area contributed by atoms with Crippen molar-refractivity contribution < 1.29 is 9.59 Å². The van der Waals surface area contributed by atoms with Crippen LogP contribution in [0, 0.1) is 0 Å². The third-order valence-electron chi connectivity index (χ3n) is 3.10. The van der Waals surface area contributed by atoms with Crippen molar-refractivity contribution in [1.82, 2.24) is 5.32 Å². The van der Waals surface area contributed by atoms with Crippen LogP contribution in [-0.2, 0) is 9.59 Å². The molecule has 0 bridgehead atoms. The number of alkyl halides is 1. The molecule has 1 unspecified atom stereocenters. The summed E-state index contributed by atoms with van der Waals surface area (Å²) >= 11 is 5.55. The highest BCUT2D eigenvalue weighted by Crippen LogP contribution is 2.21. The van der Waals surface area contributed by atoms with E-state index in [1.807, 2.05) is 30.3 Å². The third-order valence-corrected chi connectivity index (χ3v) is 3.36. The van der Waals surface area contributed by atoms with E-state index in [9.17, 15) is 9.59 Å². The summed E-state index contributed by atoms with van der Waals surface area (Å²) in [6.45, 7) is 0.537. The SMILES string of the molecule is O=C(CCCCl)NC1CC(=O)N(c2ccccc2)C1. The molecule has 1 aromatic carbocycles. The predicted octanol–water partition coefficient (Wildman–Crippen LogP) is 1.93. The van der Waals surface area contributed by atoms with Crippen LogP contribution >= 0.6 is 11.6 Å². The van der Waals surface area contributed by atoms with Crippen molar-refractivity contribution in [2.45, 2.75) is 25.3 Å². The van der Waals surface area contributed by atoms with Gasteiger partial charge in [0, 0.05) is 31.0 Å². The van der Waals surface area contributed by atoms with Crippen molar-refractivity contribution in [3.63, 3.8) is 0 Å². The molecule has 4 nitrogen and oxygen atoms in total. The lowest BCUT2D eigenvalue weighted by Gasteiger charge is -2.17. The molecule has 1 N–H and O–H groups in total. The average Bonchev–Trinajstić information content (AvgIpc) is 2.78. The molecule has 1 aliphatic rings. The smallest absolute Gasteiger partial charge is 0.229 e. The zero-order chi connectivity index (χ0) is 13.7. The number of halogens is 1. The number of benzene rings is 1. The molecule has 0 spiro atoms. The number of anilines is 1. The van der Waals surface area contributed by atoms with Gasteiger partial charge in [-0.25, -0.2) is 0 Å². The van der Waals surface area contributed by atoms with E-state index in [0.29, 0.717) is 31.7 Å². The Hall–Kier alpha value is -1.55. The number of rotatable bonds is 5. The first-order chi connectivity index (χ1) is 9.20. The molecular weight excluding hydrogens is 264 g/mol. The number of nitrogens with one attached hydrogen (secondary N) is 1. The van der Waals surface area contributed by atoms with E-state index in [1.165, 1.54) is 0 Å². The molecule has 1 atom stereocenters. The van der Waals surface area contributed by atoms with Crippen LogP contribution in [0.2, 0.25) is 0 Å². The Morgan fingerprint density at radius 3 is 2.79 bits per heavy atom. The van der Waals surface area contributed by atoms with Crippen LogP contribution in [0.5, 0.6) is 0 Å². The Labute approximate surface area is 117 Å². The van der Waals surface area contributed by atoms with Crippen LogP contribution in [-0.4, -0.2) is 30.3 Å². The van der Waals surface area contributed by atoms with E-state index >= 15 is 0 Å². The van der Waals surface area contributed by atoms with Crippen molar-refractivity contribution in [3.8, 4) is 0 Å². The lowest BCUT2D eigenvalue weighted by atomic mass is 10.2. The summed E-state index contributed by atoms with van der Waals surface area (Å²) in [5.41, 5.74) is 0.880. The topological polar surface area (TPSA) is 49.4 Å². The van der Waals surface area contributed by atoms with Gasteiger partial charge in [-0.1, -0.05) is 18.2 Å². The highest BCUT2D eigenvalue weighted by atomic mass is 35.5. The maximum absolute atomic E-state index is 11.9. The maximum Gasteiger partial charge on any atom is 0.229 e. The first-order valence-corrected chi connectivity index (χ1v) is 6.95. The largest absolute Gasteiger partial charge is 0.351 e. The highest BCUT2D eigenvalue weighted by Gasteiger charge is 2.31. The van der Waals surface area contributed by atoms with Crippen molar-refractivity contribution in [2.24, 2.45) is 0 Å². The lowest BCUT2D eigenvalue weighted by Crippen LogP contribution is -2.37. The zero-order valence-corrected chi connectivity index (χ0v) is 11.4. The van der Waals surface area contributed by atoms with Gasteiger partial charge in [0.2, 0.25) is 11.8 Å². The summed E-state index contributed by atoms with van der Waals surface area (Å²) in [4.78, 5) is 25.3. The van der Waals surface area contributed by atoms with Crippen LogP contribution in [0.4, 0.5) is 5.69 Å². The number of carbonyl (C=O) groups is 2. The Morgan fingerprint density at radius 1 is 1.37 bits per heavy atom. The maximum atomic E-state index is 11.9. The van der Waals surface area contributed by atoms with Gasteiger partial charge >= 0.3 is 0 Å². The van der Waals surface area contributed by atoms with Crippen molar-refractivity contribution in [2.75, 3.05) is 17.3 Å².